The summed E-state index contributed by atoms with van der Waals surface area (Å²) in [4.78, 5) is 0. The zero-order valence-electron chi connectivity index (χ0n) is 14.0. The molecule has 0 aliphatic rings. The predicted molar refractivity (Wildman–Crippen MR) is 92.5 cm³/mol. The van der Waals surface area contributed by atoms with E-state index in [2.05, 4.69) is 6.92 Å². The van der Waals surface area contributed by atoms with Gasteiger partial charge in [0.05, 0.1) is 5.75 Å². The molecular weight excluding hydrogens is 297 g/mol. The standard InChI is InChI=1S/C16H34O3S.Mg/c1-2-3-4-5-6-7-8-9-10-11-12-13-14-15-16-20(17,18)19;/h2-16H2,1H3,(H,17,18,19);/q;+2. The van der Waals surface area contributed by atoms with Gasteiger partial charge in [-0.3, -0.25) is 4.55 Å². The molecule has 21 heavy (non-hydrogen) atoms. The van der Waals surface area contributed by atoms with E-state index in [0.29, 0.717) is 6.42 Å². The average molecular weight is 331 g/mol. The normalized spacial score (nSPS) is 11.3. The minimum atomic E-state index is -3.74. The first kappa shape index (κ1) is 23.9. The maximum absolute atomic E-state index is 10.5. The van der Waals surface area contributed by atoms with Gasteiger partial charge in [-0.15, -0.1) is 0 Å². The largest absolute Gasteiger partial charge is 2.00 e. The van der Waals surface area contributed by atoms with Crippen LogP contribution >= 0.6 is 0 Å². The van der Waals surface area contributed by atoms with Crippen LogP contribution in [0.25, 0.3) is 0 Å². The molecule has 0 aliphatic carbocycles. The van der Waals surface area contributed by atoms with Gasteiger partial charge in [-0.2, -0.15) is 8.42 Å². The molecule has 5 heteroatoms. The summed E-state index contributed by atoms with van der Waals surface area (Å²) >= 11 is 0. The van der Waals surface area contributed by atoms with E-state index in [-0.39, 0.29) is 28.8 Å². The van der Waals surface area contributed by atoms with Crippen LogP contribution in [0.1, 0.15) is 96.8 Å². The van der Waals surface area contributed by atoms with Crippen molar-refractivity contribution in [1.29, 1.82) is 0 Å². The molecule has 0 rings (SSSR count). The van der Waals surface area contributed by atoms with Gasteiger partial charge < -0.3 is 0 Å². The zero-order chi connectivity index (χ0) is 15.1. The minimum absolute atomic E-state index is 0. The molecule has 0 aromatic heterocycles. The molecule has 0 fully saturated rings. The first-order valence-electron chi connectivity index (χ1n) is 8.51. The van der Waals surface area contributed by atoms with E-state index >= 15 is 0 Å². The quantitative estimate of drug-likeness (QED) is 0.262. The Labute approximate surface area is 148 Å². The van der Waals surface area contributed by atoms with Crippen molar-refractivity contribution in [2.45, 2.75) is 96.8 Å². The Morgan fingerprint density at radius 1 is 0.619 bits per heavy atom. The van der Waals surface area contributed by atoms with E-state index in [9.17, 15) is 8.42 Å². The molecule has 0 atom stereocenters. The van der Waals surface area contributed by atoms with Crippen molar-refractivity contribution in [3.63, 3.8) is 0 Å². The third-order valence-electron chi connectivity index (χ3n) is 3.76. The van der Waals surface area contributed by atoms with Crippen molar-refractivity contribution in [2.75, 3.05) is 5.75 Å². The molecule has 0 saturated carbocycles. The van der Waals surface area contributed by atoms with E-state index in [1.807, 2.05) is 0 Å². The van der Waals surface area contributed by atoms with Crippen molar-refractivity contribution in [1.82, 2.24) is 0 Å². The van der Waals surface area contributed by atoms with Gasteiger partial charge in [-0.1, -0.05) is 90.4 Å². The molecule has 0 saturated heterocycles. The van der Waals surface area contributed by atoms with Crippen LogP contribution in [-0.2, 0) is 10.1 Å². The molecule has 0 heterocycles. The van der Waals surface area contributed by atoms with Gasteiger partial charge in [0.25, 0.3) is 10.1 Å². The van der Waals surface area contributed by atoms with Crippen LogP contribution in [0.4, 0.5) is 0 Å². The van der Waals surface area contributed by atoms with Crippen molar-refractivity contribution in [3.05, 3.63) is 0 Å². The summed E-state index contributed by atoms with van der Waals surface area (Å²) in [6, 6.07) is 0. The molecule has 0 aromatic rings. The van der Waals surface area contributed by atoms with Gasteiger partial charge in [-0.25, -0.2) is 0 Å². The fourth-order valence-corrected chi connectivity index (χ4v) is 3.05. The Balaban J connectivity index is 0. The fourth-order valence-electron chi connectivity index (χ4n) is 2.48. The smallest absolute Gasteiger partial charge is 0.286 e. The summed E-state index contributed by atoms with van der Waals surface area (Å²) in [5, 5.41) is 0. The molecular formula is C16H34MgO3S+2. The summed E-state index contributed by atoms with van der Waals surface area (Å²) in [5.41, 5.74) is 0. The van der Waals surface area contributed by atoms with Gasteiger partial charge in [0, 0.05) is 0 Å². The summed E-state index contributed by atoms with van der Waals surface area (Å²) in [5.74, 6) is -0.0783. The van der Waals surface area contributed by atoms with E-state index in [1.54, 1.807) is 0 Å². The summed E-state index contributed by atoms with van der Waals surface area (Å²) in [6.07, 6.45) is 17.4. The van der Waals surface area contributed by atoms with Crippen molar-refractivity contribution < 1.29 is 13.0 Å². The van der Waals surface area contributed by atoms with Crippen molar-refractivity contribution in [3.8, 4) is 0 Å². The second-order valence-electron chi connectivity index (χ2n) is 5.88. The van der Waals surface area contributed by atoms with Gasteiger partial charge in [-0.05, 0) is 6.42 Å². The minimum Gasteiger partial charge on any atom is -0.286 e. The van der Waals surface area contributed by atoms with Gasteiger partial charge in [0.15, 0.2) is 0 Å². The topological polar surface area (TPSA) is 54.4 Å². The molecule has 0 aromatic carbocycles. The molecule has 0 bridgehead atoms. The predicted octanol–water partition coefficient (Wildman–Crippen LogP) is 4.97. The van der Waals surface area contributed by atoms with Gasteiger partial charge >= 0.3 is 23.1 Å². The van der Waals surface area contributed by atoms with E-state index in [1.165, 1.54) is 70.6 Å². The third kappa shape index (κ3) is 23.1. The number of hydrogen-bond donors (Lipinski definition) is 1. The zero-order valence-corrected chi connectivity index (χ0v) is 16.2. The monoisotopic (exact) mass is 330 g/mol. The molecule has 1 N–H and O–H groups in total. The Morgan fingerprint density at radius 2 is 0.905 bits per heavy atom. The summed E-state index contributed by atoms with van der Waals surface area (Å²) in [7, 11) is -3.74. The van der Waals surface area contributed by atoms with Crippen LogP contribution in [0.3, 0.4) is 0 Å². The maximum atomic E-state index is 10.5. The van der Waals surface area contributed by atoms with E-state index in [4.69, 9.17) is 4.55 Å². The van der Waals surface area contributed by atoms with Crippen LogP contribution in [0.5, 0.6) is 0 Å². The van der Waals surface area contributed by atoms with Crippen molar-refractivity contribution >= 4 is 33.2 Å². The Bertz CT molecular complexity index is 292. The number of unbranched alkanes of at least 4 members (excludes halogenated alkanes) is 13. The first-order valence-corrected chi connectivity index (χ1v) is 10.1. The maximum Gasteiger partial charge on any atom is 2.00 e. The van der Waals surface area contributed by atoms with Crippen LogP contribution in [0, 0.1) is 0 Å². The third-order valence-corrected chi connectivity index (χ3v) is 4.56. The van der Waals surface area contributed by atoms with Crippen molar-refractivity contribution in [2.24, 2.45) is 0 Å². The van der Waals surface area contributed by atoms with E-state index in [0.717, 1.165) is 12.8 Å². The summed E-state index contributed by atoms with van der Waals surface area (Å²) in [6.45, 7) is 2.25. The molecule has 0 amide bonds. The molecule has 122 valence electrons. The Kier molecular flexibility index (Phi) is 19.4. The van der Waals surface area contributed by atoms with Crippen LogP contribution in [0.15, 0.2) is 0 Å². The molecule has 3 nitrogen and oxygen atoms in total. The van der Waals surface area contributed by atoms with Gasteiger partial charge in [0.1, 0.15) is 0 Å². The van der Waals surface area contributed by atoms with Crippen LogP contribution in [-0.4, -0.2) is 41.8 Å². The molecule has 0 aliphatic heterocycles. The number of hydrogen-bond acceptors (Lipinski definition) is 2. The van der Waals surface area contributed by atoms with E-state index < -0.39 is 10.1 Å². The SMILES string of the molecule is CCCCCCCCCCCCCCCCS(=O)(=O)O.[Mg+2]. The van der Waals surface area contributed by atoms with Crippen LogP contribution in [0.2, 0.25) is 0 Å². The van der Waals surface area contributed by atoms with Gasteiger partial charge in [0.2, 0.25) is 0 Å². The molecule has 0 spiro atoms. The Morgan fingerprint density at radius 3 is 1.19 bits per heavy atom. The summed E-state index contributed by atoms with van der Waals surface area (Å²) < 4.78 is 29.6. The fraction of sp³-hybridized carbons (Fsp3) is 1.00. The number of rotatable bonds is 15. The molecule has 0 unspecified atom stereocenters. The Hall–Kier alpha value is 0.676. The second kappa shape index (κ2) is 17.0. The molecule has 0 radical (unpaired) electrons. The second-order valence-corrected chi connectivity index (χ2v) is 7.45. The first-order chi connectivity index (χ1) is 9.56. The average Bonchev–Trinajstić information content (AvgIpc) is 2.38. The van der Waals surface area contributed by atoms with Crippen LogP contribution < -0.4 is 0 Å².